The predicted octanol–water partition coefficient (Wildman–Crippen LogP) is 7.70. The van der Waals surface area contributed by atoms with Crippen LogP contribution in [0.15, 0.2) is 115 Å². The number of Topliss-reactive ketones (excluding diaryl/α,β-unsaturated/α-hetero) is 1. The van der Waals surface area contributed by atoms with Crippen LogP contribution in [-0.2, 0) is 0 Å². The Hall–Kier alpha value is -4.11. The maximum Gasteiger partial charge on any atom is 0.169 e. The van der Waals surface area contributed by atoms with Gasteiger partial charge in [0.05, 0.1) is 7.11 Å². The molecule has 0 aliphatic rings. The number of ketones is 1. The molecule has 4 rings (SSSR count). The molecule has 1 unspecified atom stereocenters. The minimum absolute atomic E-state index is 0.0836. The van der Waals surface area contributed by atoms with Crippen LogP contribution in [0.25, 0.3) is 6.08 Å². The summed E-state index contributed by atoms with van der Waals surface area (Å²) in [6.45, 7) is 1.92. The van der Waals surface area contributed by atoms with E-state index in [0.717, 1.165) is 28.4 Å². The summed E-state index contributed by atoms with van der Waals surface area (Å²) in [6.07, 6.45) is 3.98. The number of ether oxygens (including phenoxy) is 1. The van der Waals surface area contributed by atoms with E-state index in [4.69, 9.17) is 4.74 Å². The third-order valence-electron chi connectivity index (χ3n) is 5.52. The van der Waals surface area contributed by atoms with Gasteiger partial charge in [0.2, 0.25) is 0 Å². The van der Waals surface area contributed by atoms with E-state index in [1.165, 1.54) is 0 Å². The number of para-hydroxylation sites is 2. The molecular formula is C30H27NO2. The summed E-state index contributed by atoms with van der Waals surface area (Å²) in [7, 11) is 1.62. The number of carbonyl (C=O) groups excluding carboxylic acids is 1. The van der Waals surface area contributed by atoms with Gasteiger partial charge in [0.1, 0.15) is 5.75 Å². The zero-order chi connectivity index (χ0) is 23.0. The van der Waals surface area contributed by atoms with Gasteiger partial charge in [-0.25, -0.2) is 0 Å². The quantitative estimate of drug-likeness (QED) is 0.267. The van der Waals surface area contributed by atoms with E-state index in [1.54, 1.807) is 7.11 Å². The average Bonchev–Trinajstić information content (AvgIpc) is 2.88. The highest BCUT2D eigenvalue weighted by atomic mass is 16.5. The fraction of sp³-hybridized carbons (Fsp3) is 0.100. The van der Waals surface area contributed by atoms with E-state index in [1.807, 2.05) is 85.8 Å². The largest absolute Gasteiger partial charge is 0.497 e. The Kier molecular flexibility index (Phi) is 7.01. The molecule has 1 atom stereocenters. The number of carbonyl (C=O) groups is 1. The Labute approximate surface area is 195 Å². The highest BCUT2D eigenvalue weighted by Crippen LogP contribution is 2.34. The van der Waals surface area contributed by atoms with E-state index in [0.29, 0.717) is 5.56 Å². The number of allylic oxidation sites excluding steroid dienone is 1. The van der Waals surface area contributed by atoms with Crippen LogP contribution in [0.5, 0.6) is 5.75 Å². The van der Waals surface area contributed by atoms with Gasteiger partial charge in [-0.05, 0) is 66.2 Å². The molecule has 164 valence electrons. The Morgan fingerprint density at radius 1 is 0.758 bits per heavy atom. The van der Waals surface area contributed by atoms with Crippen molar-refractivity contribution in [1.82, 2.24) is 0 Å². The van der Waals surface area contributed by atoms with E-state index in [-0.39, 0.29) is 11.7 Å². The molecule has 0 amide bonds. The maximum absolute atomic E-state index is 12.8. The standard InChI is InChI=1S/C30H27NO2/c1-23(30(32)25-18-20-29(33-2)21-19-25)16-17-24-10-9-15-28(22-24)31(26-11-5-3-6-12-26)27-13-7-4-8-14-27/h3-23H,1-2H3/b17-16+. The molecule has 0 aromatic heterocycles. The first kappa shape index (κ1) is 22.1. The number of nitrogens with zero attached hydrogens (tertiary/aromatic N) is 1. The molecule has 4 aromatic rings. The van der Waals surface area contributed by atoms with Crippen molar-refractivity contribution in [1.29, 1.82) is 0 Å². The summed E-state index contributed by atoms with van der Waals surface area (Å²) >= 11 is 0. The third kappa shape index (κ3) is 5.39. The first-order chi connectivity index (χ1) is 16.2. The van der Waals surface area contributed by atoms with Gasteiger partial charge in [0, 0.05) is 28.5 Å². The molecule has 3 nitrogen and oxygen atoms in total. The van der Waals surface area contributed by atoms with Crippen molar-refractivity contribution in [3.8, 4) is 5.75 Å². The number of rotatable bonds is 8. The molecule has 0 heterocycles. The molecule has 0 bridgehead atoms. The van der Waals surface area contributed by atoms with Crippen LogP contribution in [0.1, 0.15) is 22.8 Å². The van der Waals surface area contributed by atoms with Gasteiger partial charge in [0.15, 0.2) is 5.78 Å². The maximum atomic E-state index is 12.8. The van der Waals surface area contributed by atoms with Gasteiger partial charge in [-0.15, -0.1) is 0 Å². The van der Waals surface area contributed by atoms with Crippen LogP contribution < -0.4 is 9.64 Å². The third-order valence-corrected chi connectivity index (χ3v) is 5.52. The van der Waals surface area contributed by atoms with Crippen LogP contribution in [0, 0.1) is 5.92 Å². The zero-order valence-corrected chi connectivity index (χ0v) is 18.9. The summed E-state index contributed by atoms with van der Waals surface area (Å²) in [6, 6.07) is 36.2. The molecule has 0 saturated carbocycles. The summed E-state index contributed by atoms with van der Waals surface area (Å²) in [4.78, 5) is 15.0. The van der Waals surface area contributed by atoms with Gasteiger partial charge < -0.3 is 9.64 Å². The van der Waals surface area contributed by atoms with E-state index >= 15 is 0 Å². The van der Waals surface area contributed by atoms with Crippen molar-refractivity contribution >= 4 is 28.9 Å². The van der Waals surface area contributed by atoms with Crippen LogP contribution >= 0.6 is 0 Å². The second kappa shape index (κ2) is 10.5. The SMILES string of the molecule is COc1ccc(C(=O)C(C)/C=C/c2cccc(N(c3ccccc3)c3ccccc3)c2)cc1. The number of anilines is 3. The molecule has 0 spiro atoms. The Morgan fingerprint density at radius 3 is 1.91 bits per heavy atom. The second-order valence-electron chi connectivity index (χ2n) is 7.84. The van der Waals surface area contributed by atoms with Crippen molar-refractivity contribution in [3.63, 3.8) is 0 Å². The first-order valence-electron chi connectivity index (χ1n) is 11.0. The molecule has 0 aliphatic carbocycles. The Balaban J connectivity index is 1.58. The lowest BCUT2D eigenvalue weighted by Gasteiger charge is -2.25. The fourth-order valence-electron chi connectivity index (χ4n) is 3.73. The minimum atomic E-state index is -0.235. The highest BCUT2D eigenvalue weighted by Gasteiger charge is 2.14. The molecule has 0 N–H and O–H groups in total. The number of methoxy groups -OCH3 is 1. The van der Waals surface area contributed by atoms with E-state index < -0.39 is 0 Å². The zero-order valence-electron chi connectivity index (χ0n) is 18.9. The summed E-state index contributed by atoms with van der Waals surface area (Å²) in [5.74, 6) is 0.592. The summed E-state index contributed by atoms with van der Waals surface area (Å²) < 4.78 is 5.18. The molecule has 0 aliphatic heterocycles. The number of benzene rings is 4. The lowest BCUT2D eigenvalue weighted by atomic mass is 9.98. The number of hydrogen-bond donors (Lipinski definition) is 0. The normalized spacial score (nSPS) is 11.8. The smallest absolute Gasteiger partial charge is 0.169 e. The van der Waals surface area contributed by atoms with Gasteiger partial charge in [0.25, 0.3) is 0 Å². The summed E-state index contributed by atoms with van der Waals surface area (Å²) in [5, 5.41) is 0. The van der Waals surface area contributed by atoms with Gasteiger partial charge >= 0.3 is 0 Å². The molecule has 0 fully saturated rings. The van der Waals surface area contributed by atoms with Crippen molar-refractivity contribution < 1.29 is 9.53 Å². The van der Waals surface area contributed by atoms with Gasteiger partial charge in [-0.2, -0.15) is 0 Å². The van der Waals surface area contributed by atoms with E-state index in [9.17, 15) is 4.79 Å². The van der Waals surface area contributed by atoms with Crippen LogP contribution in [0.4, 0.5) is 17.1 Å². The minimum Gasteiger partial charge on any atom is -0.497 e. The van der Waals surface area contributed by atoms with Crippen molar-refractivity contribution in [2.75, 3.05) is 12.0 Å². The van der Waals surface area contributed by atoms with Crippen molar-refractivity contribution in [3.05, 3.63) is 126 Å². The fourth-order valence-corrected chi connectivity index (χ4v) is 3.73. The summed E-state index contributed by atoms with van der Waals surface area (Å²) in [5.41, 5.74) is 4.96. The molecule has 3 heteroatoms. The average molecular weight is 434 g/mol. The lowest BCUT2D eigenvalue weighted by Crippen LogP contribution is -2.10. The second-order valence-corrected chi connectivity index (χ2v) is 7.84. The van der Waals surface area contributed by atoms with Crippen LogP contribution in [0.2, 0.25) is 0 Å². The van der Waals surface area contributed by atoms with E-state index in [2.05, 4.69) is 47.4 Å². The molecule has 4 aromatic carbocycles. The Bertz CT molecular complexity index is 1180. The topological polar surface area (TPSA) is 29.5 Å². The monoisotopic (exact) mass is 433 g/mol. The molecule has 33 heavy (non-hydrogen) atoms. The van der Waals surface area contributed by atoms with Crippen molar-refractivity contribution in [2.24, 2.45) is 5.92 Å². The van der Waals surface area contributed by atoms with Crippen molar-refractivity contribution in [2.45, 2.75) is 6.92 Å². The van der Waals surface area contributed by atoms with Crippen LogP contribution in [-0.4, -0.2) is 12.9 Å². The molecule has 0 saturated heterocycles. The lowest BCUT2D eigenvalue weighted by molar-refractivity contribution is 0.0953. The van der Waals surface area contributed by atoms with Gasteiger partial charge in [-0.1, -0.05) is 67.6 Å². The predicted molar refractivity (Wildman–Crippen MR) is 137 cm³/mol. The first-order valence-corrected chi connectivity index (χ1v) is 11.0. The highest BCUT2D eigenvalue weighted by molar-refractivity contribution is 5.99. The number of hydrogen-bond acceptors (Lipinski definition) is 3. The Morgan fingerprint density at radius 2 is 1.33 bits per heavy atom. The van der Waals surface area contributed by atoms with Gasteiger partial charge in [-0.3, -0.25) is 4.79 Å². The van der Waals surface area contributed by atoms with Crippen LogP contribution in [0.3, 0.4) is 0 Å². The molecular weight excluding hydrogens is 406 g/mol. The molecule has 0 radical (unpaired) electrons.